The second kappa shape index (κ2) is 8.05. The lowest BCUT2D eigenvalue weighted by Crippen LogP contribution is -1.98. The summed E-state index contributed by atoms with van der Waals surface area (Å²) in [6.07, 6.45) is 6.97. The summed E-state index contributed by atoms with van der Waals surface area (Å²) in [5.74, 6) is 3.58. The predicted molar refractivity (Wildman–Crippen MR) is 98.5 cm³/mol. The summed E-state index contributed by atoms with van der Waals surface area (Å²) in [5, 5.41) is 0.652. The largest absolute Gasteiger partial charge is 0.493 e. The smallest absolute Gasteiger partial charge is 0.176 e. The Hall–Kier alpha value is -1.96. The van der Waals surface area contributed by atoms with Crippen LogP contribution < -0.4 is 9.47 Å². The first-order chi connectivity index (χ1) is 11.0. The summed E-state index contributed by atoms with van der Waals surface area (Å²) in [7, 11) is 1.58. The van der Waals surface area contributed by atoms with Crippen molar-refractivity contribution in [1.82, 2.24) is 0 Å². The zero-order valence-electron chi connectivity index (χ0n) is 12.8. The van der Waals surface area contributed by atoms with Gasteiger partial charge in [-0.1, -0.05) is 23.6 Å². The van der Waals surface area contributed by atoms with Crippen LogP contribution in [0.15, 0.2) is 39.8 Å². The number of ether oxygens (including phenoxy) is 2. The van der Waals surface area contributed by atoms with Crippen LogP contribution in [-0.4, -0.2) is 19.9 Å². The van der Waals surface area contributed by atoms with Gasteiger partial charge in [0, 0.05) is 11.2 Å². The maximum atomic E-state index is 6.01. The number of rotatable bonds is 5. The van der Waals surface area contributed by atoms with Crippen LogP contribution >= 0.6 is 27.5 Å². The Labute approximate surface area is 149 Å². The number of halogens is 2. The lowest BCUT2D eigenvalue weighted by molar-refractivity contribution is 0.329. The summed E-state index contributed by atoms with van der Waals surface area (Å²) < 4.78 is 11.6. The van der Waals surface area contributed by atoms with Gasteiger partial charge in [-0.25, -0.2) is 0 Å². The highest BCUT2D eigenvalue weighted by Crippen LogP contribution is 2.36. The Morgan fingerprint density at radius 2 is 2.13 bits per heavy atom. The van der Waals surface area contributed by atoms with Crippen molar-refractivity contribution in [2.45, 2.75) is 6.92 Å². The molecule has 0 radical (unpaired) electrons. The topological polar surface area (TPSA) is 30.8 Å². The van der Waals surface area contributed by atoms with E-state index in [0.717, 1.165) is 21.3 Å². The van der Waals surface area contributed by atoms with Gasteiger partial charge in [0.2, 0.25) is 0 Å². The molecule has 3 nitrogen and oxygen atoms in total. The van der Waals surface area contributed by atoms with Crippen LogP contribution in [0.3, 0.4) is 0 Å². The molecule has 2 aromatic carbocycles. The minimum Gasteiger partial charge on any atom is -0.493 e. The van der Waals surface area contributed by atoms with Gasteiger partial charge in [0.05, 0.1) is 17.3 Å². The molecule has 0 bridgehead atoms. The fourth-order valence-corrected chi connectivity index (χ4v) is 2.67. The average molecular weight is 393 g/mol. The van der Waals surface area contributed by atoms with Gasteiger partial charge in [0.15, 0.2) is 11.5 Å². The van der Waals surface area contributed by atoms with Crippen LogP contribution in [0.4, 0.5) is 5.69 Å². The summed E-state index contributed by atoms with van der Waals surface area (Å²) in [5.41, 5.74) is 2.73. The van der Waals surface area contributed by atoms with Gasteiger partial charge in [0.25, 0.3) is 0 Å². The fraction of sp³-hybridized carbons (Fsp3) is 0.167. The van der Waals surface area contributed by atoms with Crippen molar-refractivity contribution in [1.29, 1.82) is 0 Å². The highest BCUT2D eigenvalue weighted by atomic mass is 79.9. The van der Waals surface area contributed by atoms with Crippen molar-refractivity contribution in [3.8, 4) is 23.8 Å². The van der Waals surface area contributed by atoms with Crippen LogP contribution in [-0.2, 0) is 0 Å². The third-order valence-electron chi connectivity index (χ3n) is 3.08. The monoisotopic (exact) mass is 391 g/mol. The molecule has 0 fully saturated rings. The van der Waals surface area contributed by atoms with E-state index in [0.29, 0.717) is 16.5 Å². The Bertz CT molecular complexity index is 781. The van der Waals surface area contributed by atoms with E-state index in [1.807, 2.05) is 37.3 Å². The van der Waals surface area contributed by atoms with Crippen LogP contribution in [0, 0.1) is 19.3 Å². The molecule has 118 valence electrons. The van der Waals surface area contributed by atoms with E-state index < -0.39 is 0 Å². The minimum atomic E-state index is 0.171. The van der Waals surface area contributed by atoms with Crippen molar-refractivity contribution in [3.63, 3.8) is 0 Å². The Morgan fingerprint density at radius 1 is 1.35 bits per heavy atom. The zero-order valence-corrected chi connectivity index (χ0v) is 15.1. The summed E-state index contributed by atoms with van der Waals surface area (Å²) in [6.45, 7) is 2.15. The van der Waals surface area contributed by atoms with Crippen molar-refractivity contribution in [2.75, 3.05) is 13.7 Å². The van der Waals surface area contributed by atoms with E-state index in [4.69, 9.17) is 27.5 Å². The number of aliphatic imine (C=N–C) groups is 1. The van der Waals surface area contributed by atoms with E-state index in [2.05, 4.69) is 26.8 Å². The van der Waals surface area contributed by atoms with Crippen LogP contribution in [0.25, 0.3) is 0 Å². The summed E-state index contributed by atoms with van der Waals surface area (Å²) in [4.78, 5) is 4.49. The third kappa shape index (κ3) is 4.51. The number of aryl methyl sites for hydroxylation is 1. The second-order valence-electron chi connectivity index (χ2n) is 4.72. The molecule has 0 saturated carbocycles. The number of hydrogen-bond acceptors (Lipinski definition) is 3. The molecule has 0 N–H and O–H groups in total. The first-order valence-corrected chi connectivity index (χ1v) is 7.96. The van der Waals surface area contributed by atoms with Gasteiger partial charge in [-0.3, -0.25) is 4.99 Å². The first kappa shape index (κ1) is 17.4. The number of benzene rings is 2. The van der Waals surface area contributed by atoms with E-state index in [9.17, 15) is 0 Å². The molecule has 0 aliphatic heterocycles. The molecule has 0 aromatic heterocycles. The number of terminal acetylenes is 1. The summed E-state index contributed by atoms with van der Waals surface area (Å²) >= 11 is 9.47. The van der Waals surface area contributed by atoms with Gasteiger partial charge in [-0.15, -0.1) is 6.42 Å². The maximum Gasteiger partial charge on any atom is 0.176 e. The second-order valence-corrected chi connectivity index (χ2v) is 6.01. The molecule has 0 amide bonds. The highest BCUT2D eigenvalue weighted by Gasteiger charge is 2.10. The van der Waals surface area contributed by atoms with Crippen molar-refractivity contribution >= 4 is 39.4 Å². The van der Waals surface area contributed by atoms with Crippen molar-refractivity contribution < 1.29 is 9.47 Å². The predicted octanol–water partition coefficient (Wildman–Crippen LogP) is 5.18. The molecule has 0 saturated heterocycles. The van der Waals surface area contributed by atoms with E-state index >= 15 is 0 Å². The number of hydrogen-bond donors (Lipinski definition) is 0. The Balaban J connectivity index is 2.33. The lowest BCUT2D eigenvalue weighted by Gasteiger charge is -2.11. The highest BCUT2D eigenvalue weighted by molar-refractivity contribution is 9.10. The molecule has 2 rings (SSSR count). The van der Waals surface area contributed by atoms with E-state index in [1.165, 1.54) is 0 Å². The van der Waals surface area contributed by atoms with Crippen molar-refractivity contribution in [3.05, 3.63) is 51.0 Å². The van der Waals surface area contributed by atoms with Crippen LogP contribution in [0.5, 0.6) is 11.5 Å². The molecule has 23 heavy (non-hydrogen) atoms. The van der Waals surface area contributed by atoms with Crippen LogP contribution in [0.2, 0.25) is 5.02 Å². The molecule has 0 heterocycles. The van der Waals surface area contributed by atoms with Gasteiger partial charge < -0.3 is 9.47 Å². The van der Waals surface area contributed by atoms with E-state index in [-0.39, 0.29) is 6.61 Å². The average Bonchev–Trinajstić information content (AvgIpc) is 2.54. The van der Waals surface area contributed by atoms with Gasteiger partial charge >= 0.3 is 0 Å². The minimum absolute atomic E-state index is 0.171. The standard InChI is InChI=1S/C18H15BrClNO2/c1-4-7-23-18-15(19)8-13(9-17(18)22-3)11-21-16-10-14(20)6-5-12(16)2/h1,5-6,8-11H,7H2,2-3H3. The Morgan fingerprint density at radius 3 is 2.83 bits per heavy atom. The number of methoxy groups -OCH3 is 1. The maximum absolute atomic E-state index is 6.01. The molecule has 0 atom stereocenters. The van der Waals surface area contributed by atoms with Gasteiger partial charge in [-0.05, 0) is 58.2 Å². The molecule has 2 aromatic rings. The number of nitrogens with zero attached hydrogens (tertiary/aromatic N) is 1. The zero-order chi connectivity index (χ0) is 16.8. The first-order valence-electron chi connectivity index (χ1n) is 6.79. The van der Waals surface area contributed by atoms with Crippen LogP contribution in [0.1, 0.15) is 11.1 Å². The summed E-state index contributed by atoms with van der Waals surface area (Å²) in [6, 6.07) is 9.32. The van der Waals surface area contributed by atoms with Gasteiger partial charge in [-0.2, -0.15) is 0 Å². The molecule has 0 aliphatic carbocycles. The molecular weight excluding hydrogens is 378 g/mol. The Kier molecular flexibility index (Phi) is 6.09. The molecule has 0 unspecified atom stereocenters. The van der Waals surface area contributed by atoms with Gasteiger partial charge in [0.1, 0.15) is 6.61 Å². The lowest BCUT2D eigenvalue weighted by atomic mass is 10.2. The molecule has 5 heteroatoms. The normalized spacial score (nSPS) is 10.6. The SMILES string of the molecule is C#CCOc1c(Br)cc(C=Nc2cc(Cl)ccc2C)cc1OC. The quantitative estimate of drug-likeness (QED) is 0.518. The van der Waals surface area contributed by atoms with E-state index in [1.54, 1.807) is 13.3 Å². The fourth-order valence-electron chi connectivity index (χ4n) is 1.93. The molecular formula is C18H15BrClNO2. The molecule has 0 aliphatic rings. The third-order valence-corrected chi connectivity index (χ3v) is 3.90. The van der Waals surface area contributed by atoms with Crippen molar-refractivity contribution in [2.24, 2.45) is 4.99 Å². The molecule has 0 spiro atoms.